The van der Waals surface area contributed by atoms with Crippen molar-refractivity contribution in [3.63, 3.8) is 0 Å². The highest BCUT2D eigenvalue weighted by Crippen LogP contribution is 2.31. The number of rotatable bonds is 3. The summed E-state index contributed by atoms with van der Waals surface area (Å²) in [6, 6.07) is 0. The third-order valence-electron chi connectivity index (χ3n) is 3.36. The van der Waals surface area contributed by atoms with Crippen LogP contribution in [-0.2, 0) is 4.84 Å². The largest absolute Gasteiger partial charge is 0.342 e. The zero-order valence-electron chi connectivity index (χ0n) is 10.9. The Bertz CT molecular complexity index is 271. The standard InChI is InChI=1S/C13H24N2O/c1-5-13(14)16-15-12-8-10(4)6-7-11(12)9(2)3/h9-11,14H,5-8H2,1-4H3/b14-13?,15-12-/t10-,11+/m1/s1. The molecule has 1 aliphatic carbocycles. The van der Waals surface area contributed by atoms with Gasteiger partial charge in [0, 0.05) is 12.3 Å². The first-order chi connectivity index (χ1) is 7.54. The van der Waals surface area contributed by atoms with Crippen LogP contribution in [0.2, 0.25) is 0 Å². The third-order valence-corrected chi connectivity index (χ3v) is 3.36. The first kappa shape index (κ1) is 13.2. The fraction of sp³-hybridized carbons (Fsp3) is 0.846. The maximum atomic E-state index is 7.45. The molecule has 1 rings (SSSR count). The van der Waals surface area contributed by atoms with Gasteiger partial charge in [-0.25, -0.2) is 0 Å². The monoisotopic (exact) mass is 224 g/mol. The summed E-state index contributed by atoms with van der Waals surface area (Å²) in [6.45, 7) is 8.64. The van der Waals surface area contributed by atoms with Gasteiger partial charge in [0.15, 0.2) is 0 Å². The summed E-state index contributed by atoms with van der Waals surface area (Å²) in [7, 11) is 0. The molecule has 0 saturated heterocycles. The number of nitrogens with zero attached hydrogens (tertiary/aromatic N) is 1. The van der Waals surface area contributed by atoms with Crippen molar-refractivity contribution in [3.05, 3.63) is 0 Å². The number of nitrogens with one attached hydrogen (secondary N) is 1. The van der Waals surface area contributed by atoms with E-state index in [1.807, 2.05) is 6.92 Å². The second-order valence-corrected chi connectivity index (χ2v) is 5.19. The van der Waals surface area contributed by atoms with E-state index in [1.54, 1.807) is 0 Å². The first-order valence-corrected chi connectivity index (χ1v) is 6.35. The fourth-order valence-corrected chi connectivity index (χ4v) is 2.24. The lowest BCUT2D eigenvalue weighted by molar-refractivity contribution is 0.290. The van der Waals surface area contributed by atoms with Crippen LogP contribution in [0.4, 0.5) is 0 Å². The van der Waals surface area contributed by atoms with Crippen LogP contribution in [0.15, 0.2) is 5.16 Å². The van der Waals surface area contributed by atoms with Crippen LogP contribution in [-0.4, -0.2) is 11.6 Å². The maximum Gasteiger partial charge on any atom is 0.217 e. The molecule has 3 heteroatoms. The molecule has 0 bridgehead atoms. The van der Waals surface area contributed by atoms with E-state index in [2.05, 4.69) is 25.9 Å². The van der Waals surface area contributed by atoms with Crippen molar-refractivity contribution in [1.29, 1.82) is 5.41 Å². The minimum absolute atomic E-state index is 0.258. The van der Waals surface area contributed by atoms with Crippen LogP contribution in [0.3, 0.4) is 0 Å². The fourth-order valence-electron chi connectivity index (χ4n) is 2.24. The molecule has 16 heavy (non-hydrogen) atoms. The van der Waals surface area contributed by atoms with Crippen molar-refractivity contribution in [1.82, 2.24) is 0 Å². The zero-order chi connectivity index (χ0) is 12.1. The van der Waals surface area contributed by atoms with Crippen LogP contribution < -0.4 is 0 Å². The molecule has 0 aromatic rings. The summed E-state index contributed by atoms with van der Waals surface area (Å²) < 4.78 is 0. The van der Waals surface area contributed by atoms with Crippen molar-refractivity contribution >= 4 is 11.6 Å². The van der Waals surface area contributed by atoms with Gasteiger partial charge in [0.25, 0.3) is 0 Å². The van der Waals surface area contributed by atoms with Crippen molar-refractivity contribution in [2.24, 2.45) is 22.9 Å². The summed E-state index contributed by atoms with van der Waals surface area (Å²) in [5, 5.41) is 11.6. The molecule has 0 spiro atoms. The second kappa shape index (κ2) is 6.02. The van der Waals surface area contributed by atoms with Gasteiger partial charge in [-0.15, -0.1) is 0 Å². The molecule has 0 aromatic heterocycles. The normalized spacial score (nSPS) is 28.4. The van der Waals surface area contributed by atoms with Crippen LogP contribution in [0.1, 0.15) is 53.4 Å². The average Bonchev–Trinajstić information content (AvgIpc) is 2.25. The van der Waals surface area contributed by atoms with E-state index in [0.29, 0.717) is 24.2 Å². The van der Waals surface area contributed by atoms with Gasteiger partial charge in [-0.2, -0.15) is 0 Å². The van der Waals surface area contributed by atoms with E-state index in [4.69, 9.17) is 10.2 Å². The summed E-state index contributed by atoms with van der Waals surface area (Å²) in [5.74, 6) is 2.12. The Labute approximate surface area is 98.8 Å². The van der Waals surface area contributed by atoms with E-state index < -0.39 is 0 Å². The highest BCUT2D eigenvalue weighted by Gasteiger charge is 2.27. The van der Waals surface area contributed by atoms with E-state index in [-0.39, 0.29) is 5.90 Å². The van der Waals surface area contributed by atoms with Crippen molar-refractivity contribution < 1.29 is 4.84 Å². The molecule has 0 heterocycles. The molecule has 0 aromatic carbocycles. The Morgan fingerprint density at radius 2 is 2.19 bits per heavy atom. The van der Waals surface area contributed by atoms with Crippen molar-refractivity contribution in [3.8, 4) is 0 Å². The summed E-state index contributed by atoms with van der Waals surface area (Å²) >= 11 is 0. The molecule has 0 unspecified atom stereocenters. The SMILES string of the molecule is CCC(=N)O/N=C1/C[C@H](C)CC[C@H]1C(C)C. The molecule has 0 amide bonds. The van der Waals surface area contributed by atoms with Crippen LogP contribution in [0.5, 0.6) is 0 Å². The van der Waals surface area contributed by atoms with Gasteiger partial charge in [0.05, 0.1) is 5.71 Å². The van der Waals surface area contributed by atoms with Crippen molar-refractivity contribution in [2.45, 2.75) is 53.4 Å². The Morgan fingerprint density at radius 3 is 2.75 bits per heavy atom. The van der Waals surface area contributed by atoms with Gasteiger partial charge < -0.3 is 4.84 Å². The Morgan fingerprint density at radius 1 is 1.50 bits per heavy atom. The van der Waals surface area contributed by atoms with Gasteiger partial charge in [-0.05, 0) is 31.1 Å². The minimum Gasteiger partial charge on any atom is -0.342 e. The lowest BCUT2D eigenvalue weighted by Gasteiger charge is -2.30. The van der Waals surface area contributed by atoms with Gasteiger partial charge >= 0.3 is 0 Å². The quantitative estimate of drug-likeness (QED) is 0.442. The molecule has 1 aliphatic rings. The molecule has 92 valence electrons. The van der Waals surface area contributed by atoms with Crippen LogP contribution in [0.25, 0.3) is 0 Å². The maximum absolute atomic E-state index is 7.45. The molecule has 3 nitrogen and oxygen atoms in total. The van der Waals surface area contributed by atoms with E-state index >= 15 is 0 Å². The average molecular weight is 224 g/mol. The molecule has 1 fully saturated rings. The number of hydrogen-bond acceptors (Lipinski definition) is 3. The van der Waals surface area contributed by atoms with E-state index in [0.717, 1.165) is 12.1 Å². The summed E-state index contributed by atoms with van der Waals surface area (Å²) in [4.78, 5) is 5.13. The second-order valence-electron chi connectivity index (χ2n) is 5.19. The smallest absolute Gasteiger partial charge is 0.217 e. The predicted octanol–water partition coefficient (Wildman–Crippen LogP) is 3.84. The lowest BCUT2D eigenvalue weighted by Crippen LogP contribution is -2.28. The van der Waals surface area contributed by atoms with Crippen LogP contribution >= 0.6 is 0 Å². The van der Waals surface area contributed by atoms with E-state index in [9.17, 15) is 0 Å². The Balaban J connectivity index is 2.67. The van der Waals surface area contributed by atoms with Crippen molar-refractivity contribution in [2.75, 3.05) is 0 Å². The van der Waals surface area contributed by atoms with Crippen LogP contribution in [0, 0.1) is 23.2 Å². The van der Waals surface area contributed by atoms with Gasteiger partial charge in [0.1, 0.15) is 0 Å². The number of hydrogen-bond donors (Lipinski definition) is 1. The van der Waals surface area contributed by atoms with E-state index in [1.165, 1.54) is 12.8 Å². The third kappa shape index (κ3) is 3.62. The van der Waals surface area contributed by atoms with Gasteiger partial charge in [-0.3, -0.25) is 5.41 Å². The molecule has 0 aliphatic heterocycles. The Kier molecular flexibility index (Phi) is 4.97. The molecule has 1 saturated carbocycles. The highest BCUT2D eigenvalue weighted by molar-refractivity contribution is 5.88. The Hall–Kier alpha value is -0.860. The molecular formula is C13H24N2O. The van der Waals surface area contributed by atoms with Gasteiger partial charge in [-0.1, -0.05) is 32.9 Å². The molecule has 0 radical (unpaired) electrons. The topological polar surface area (TPSA) is 45.4 Å². The minimum atomic E-state index is 0.258. The van der Waals surface area contributed by atoms with Gasteiger partial charge in [0.2, 0.25) is 5.90 Å². The summed E-state index contributed by atoms with van der Waals surface area (Å²) in [6.07, 6.45) is 4.13. The summed E-state index contributed by atoms with van der Waals surface area (Å²) in [5.41, 5.74) is 1.16. The zero-order valence-corrected chi connectivity index (χ0v) is 10.9. The molecular weight excluding hydrogens is 200 g/mol. The first-order valence-electron chi connectivity index (χ1n) is 6.35. The molecule has 2 atom stereocenters. The predicted molar refractivity (Wildman–Crippen MR) is 67.9 cm³/mol. The molecule has 1 N–H and O–H groups in total. The highest BCUT2D eigenvalue weighted by atomic mass is 16.6. The number of oxime groups is 1. The lowest BCUT2D eigenvalue weighted by atomic mass is 9.76.